The van der Waals surface area contributed by atoms with Crippen LogP contribution in [0.1, 0.15) is 52.4 Å². The number of nitriles is 1. The van der Waals surface area contributed by atoms with Crippen LogP contribution in [-0.2, 0) is 4.79 Å². The van der Waals surface area contributed by atoms with Crippen LogP contribution in [0.5, 0.6) is 0 Å². The third kappa shape index (κ3) is 3.72. The molecule has 0 heterocycles. The highest BCUT2D eigenvalue weighted by Gasteiger charge is 2.40. The van der Waals surface area contributed by atoms with Crippen LogP contribution in [0, 0.1) is 35.0 Å². The van der Waals surface area contributed by atoms with Gasteiger partial charge in [0.05, 0.1) is 12.5 Å². The quantitative estimate of drug-likeness (QED) is 0.737. The first-order chi connectivity index (χ1) is 9.10. The molecule has 2 rings (SSSR count). The molecule has 0 aromatic rings. The summed E-state index contributed by atoms with van der Waals surface area (Å²) in [6.07, 6.45) is 6.53. The zero-order valence-corrected chi connectivity index (χ0v) is 12.3. The second-order valence-electron chi connectivity index (χ2n) is 6.78. The summed E-state index contributed by atoms with van der Waals surface area (Å²) in [4.78, 5) is 14.3. The molecule has 3 atom stereocenters. The summed E-state index contributed by atoms with van der Waals surface area (Å²) in [7, 11) is 0. The first-order valence-corrected chi connectivity index (χ1v) is 7.74. The van der Waals surface area contributed by atoms with E-state index in [0.29, 0.717) is 24.8 Å². The van der Waals surface area contributed by atoms with Crippen molar-refractivity contribution in [3.63, 3.8) is 0 Å². The fourth-order valence-corrected chi connectivity index (χ4v) is 3.92. The number of fused-ring (bicyclic) bond motifs is 2. The molecular formula is C16H26N2O. The molecule has 0 N–H and O–H groups in total. The lowest BCUT2D eigenvalue weighted by molar-refractivity contribution is -0.133. The molecule has 0 radical (unpaired) electrons. The monoisotopic (exact) mass is 262 g/mol. The summed E-state index contributed by atoms with van der Waals surface area (Å²) in [6, 6.07) is 2.15. The molecule has 2 saturated carbocycles. The van der Waals surface area contributed by atoms with Gasteiger partial charge in [0, 0.05) is 19.5 Å². The number of hydrogen-bond acceptors (Lipinski definition) is 2. The molecule has 1 amide bonds. The second kappa shape index (κ2) is 6.41. The van der Waals surface area contributed by atoms with Gasteiger partial charge in [0.25, 0.3) is 0 Å². The lowest BCUT2D eigenvalue weighted by atomic mass is 9.86. The summed E-state index contributed by atoms with van der Waals surface area (Å²) in [6.45, 7) is 5.66. The van der Waals surface area contributed by atoms with Gasteiger partial charge in [-0.15, -0.1) is 0 Å². The van der Waals surface area contributed by atoms with Crippen molar-refractivity contribution in [1.29, 1.82) is 5.26 Å². The van der Waals surface area contributed by atoms with E-state index in [-0.39, 0.29) is 5.91 Å². The first-order valence-electron chi connectivity index (χ1n) is 7.74. The Balaban J connectivity index is 1.86. The molecule has 2 aliphatic carbocycles. The van der Waals surface area contributed by atoms with E-state index in [4.69, 9.17) is 5.26 Å². The molecule has 3 unspecified atom stereocenters. The van der Waals surface area contributed by atoms with E-state index >= 15 is 0 Å². The Morgan fingerprint density at radius 1 is 1.37 bits per heavy atom. The van der Waals surface area contributed by atoms with Gasteiger partial charge in [-0.3, -0.25) is 4.79 Å². The minimum atomic E-state index is 0.279. The maximum Gasteiger partial charge on any atom is 0.222 e. The Morgan fingerprint density at radius 2 is 2.16 bits per heavy atom. The zero-order valence-electron chi connectivity index (χ0n) is 12.3. The van der Waals surface area contributed by atoms with Gasteiger partial charge in [-0.25, -0.2) is 0 Å². The number of nitrogens with zero attached hydrogens (tertiary/aromatic N) is 2. The number of carbonyl (C=O) groups is 1. The lowest BCUT2D eigenvalue weighted by Crippen LogP contribution is -2.36. The molecule has 3 heteroatoms. The standard InChI is InChI=1S/C16H26N2O/c1-12(2)11-18(7-3-6-17)16(19)10-15-9-13-4-5-14(15)8-13/h12-15H,3-5,7-11H2,1-2H3. The SMILES string of the molecule is CC(C)CN(CCC#N)C(=O)CC1CC2CCC1C2. The third-order valence-corrected chi connectivity index (χ3v) is 4.75. The second-order valence-corrected chi connectivity index (χ2v) is 6.78. The molecule has 2 bridgehead atoms. The van der Waals surface area contributed by atoms with Crippen molar-refractivity contribution in [3.8, 4) is 6.07 Å². The summed E-state index contributed by atoms with van der Waals surface area (Å²) >= 11 is 0. The molecule has 0 aliphatic heterocycles. The van der Waals surface area contributed by atoms with Crippen molar-refractivity contribution in [2.24, 2.45) is 23.7 Å². The van der Waals surface area contributed by atoms with Crippen molar-refractivity contribution in [3.05, 3.63) is 0 Å². The van der Waals surface area contributed by atoms with Gasteiger partial charge in [-0.1, -0.05) is 20.3 Å². The Kier molecular flexibility index (Phi) is 4.85. The minimum absolute atomic E-state index is 0.279. The molecule has 3 nitrogen and oxygen atoms in total. The lowest BCUT2D eigenvalue weighted by Gasteiger charge is -2.27. The molecule has 106 valence electrons. The van der Waals surface area contributed by atoms with Gasteiger partial charge in [0.1, 0.15) is 0 Å². The van der Waals surface area contributed by atoms with E-state index < -0.39 is 0 Å². The van der Waals surface area contributed by atoms with E-state index in [1.165, 1.54) is 25.7 Å². The summed E-state index contributed by atoms with van der Waals surface area (Å²) < 4.78 is 0. The largest absolute Gasteiger partial charge is 0.341 e. The van der Waals surface area contributed by atoms with Gasteiger partial charge in [-0.05, 0) is 42.9 Å². The fourth-order valence-electron chi connectivity index (χ4n) is 3.92. The first kappa shape index (κ1) is 14.4. The smallest absolute Gasteiger partial charge is 0.222 e. The van der Waals surface area contributed by atoms with Gasteiger partial charge in [0.2, 0.25) is 5.91 Å². The summed E-state index contributed by atoms with van der Waals surface area (Å²) in [5.74, 6) is 3.10. The van der Waals surface area contributed by atoms with Crippen LogP contribution in [0.2, 0.25) is 0 Å². The van der Waals surface area contributed by atoms with Crippen molar-refractivity contribution >= 4 is 5.91 Å². The van der Waals surface area contributed by atoms with Gasteiger partial charge >= 0.3 is 0 Å². The molecule has 0 saturated heterocycles. The van der Waals surface area contributed by atoms with Gasteiger partial charge in [0.15, 0.2) is 0 Å². The third-order valence-electron chi connectivity index (χ3n) is 4.75. The Labute approximate surface area is 117 Å². The molecule has 19 heavy (non-hydrogen) atoms. The molecule has 0 spiro atoms. The topological polar surface area (TPSA) is 44.1 Å². The number of amides is 1. The Bertz CT molecular complexity index is 358. The van der Waals surface area contributed by atoms with Crippen LogP contribution in [0.25, 0.3) is 0 Å². The predicted molar refractivity (Wildman–Crippen MR) is 75.2 cm³/mol. The average Bonchev–Trinajstić information content (AvgIpc) is 2.96. The highest BCUT2D eigenvalue weighted by atomic mass is 16.2. The van der Waals surface area contributed by atoms with Gasteiger partial charge < -0.3 is 4.90 Å². The van der Waals surface area contributed by atoms with E-state index in [9.17, 15) is 4.79 Å². The van der Waals surface area contributed by atoms with Crippen molar-refractivity contribution in [2.45, 2.75) is 52.4 Å². The van der Waals surface area contributed by atoms with Crippen LogP contribution in [-0.4, -0.2) is 23.9 Å². The van der Waals surface area contributed by atoms with Gasteiger partial charge in [-0.2, -0.15) is 5.26 Å². The normalized spacial score (nSPS) is 28.6. The predicted octanol–water partition coefficient (Wildman–Crippen LogP) is 3.21. The summed E-state index contributed by atoms with van der Waals surface area (Å²) in [5.41, 5.74) is 0. The minimum Gasteiger partial charge on any atom is -0.341 e. The van der Waals surface area contributed by atoms with E-state index in [1.54, 1.807) is 0 Å². The van der Waals surface area contributed by atoms with Crippen LogP contribution in [0.3, 0.4) is 0 Å². The van der Waals surface area contributed by atoms with E-state index in [0.717, 1.165) is 24.8 Å². The van der Waals surface area contributed by atoms with E-state index in [2.05, 4.69) is 19.9 Å². The number of rotatable bonds is 6. The van der Waals surface area contributed by atoms with E-state index in [1.807, 2.05) is 4.90 Å². The highest BCUT2D eigenvalue weighted by Crippen LogP contribution is 2.49. The van der Waals surface area contributed by atoms with Crippen molar-refractivity contribution in [2.75, 3.05) is 13.1 Å². The molecule has 2 fully saturated rings. The Morgan fingerprint density at radius 3 is 2.68 bits per heavy atom. The molecule has 0 aromatic carbocycles. The average molecular weight is 262 g/mol. The fraction of sp³-hybridized carbons (Fsp3) is 0.875. The van der Waals surface area contributed by atoms with Crippen LogP contribution >= 0.6 is 0 Å². The zero-order chi connectivity index (χ0) is 13.8. The number of hydrogen-bond donors (Lipinski definition) is 0. The van der Waals surface area contributed by atoms with Crippen molar-refractivity contribution < 1.29 is 4.79 Å². The number of carbonyl (C=O) groups excluding carboxylic acids is 1. The Hall–Kier alpha value is -1.04. The van der Waals surface area contributed by atoms with Crippen LogP contribution < -0.4 is 0 Å². The molecule has 0 aromatic heterocycles. The molecule has 2 aliphatic rings. The maximum atomic E-state index is 12.4. The summed E-state index contributed by atoms with van der Waals surface area (Å²) in [5, 5.41) is 8.71. The molecular weight excluding hydrogens is 236 g/mol. The van der Waals surface area contributed by atoms with Crippen LogP contribution in [0.15, 0.2) is 0 Å². The maximum absolute atomic E-state index is 12.4. The highest BCUT2D eigenvalue weighted by molar-refractivity contribution is 5.76. The van der Waals surface area contributed by atoms with Crippen LogP contribution in [0.4, 0.5) is 0 Å². The van der Waals surface area contributed by atoms with Crippen molar-refractivity contribution in [1.82, 2.24) is 4.90 Å².